The quantitative estimate of drug-likeness (QED) is 0.702. The molecule has 1 heterocycles. The van der Waals surface area contributed by atoms with Crippen LogP contribution in [0, 0.1) is 5.82 Å². The Balaban J connectivity index is 2.26. The van der Waals surface area contributed by atoms with Gasteiger partial charge in [0.1, 0.15) is 5.82 Å². The molecule has 2 rings (SSSR count). The van der Waals surface area contributed by atoms with E-state index in [0.29, 0.717) is 0 Å². The number of urea groups is 1. The summed E-state index contributed by atoms with van der Waals surface area (Å²) in [6.07, 6.45) is -6.31. The van der Waals surface area contributed by atoms with Crippen LogP contribution >= 0.6 is 0 Å². The average Bonchev–Trinajstić information content (AvgIpc) is 2.61. The molecule has 1 aliphatic heterocycles. The molecule has 0 aromatic heterocycles. The summed E-state index contributed by atoms with van der Waals surface area (Å²) in [5.41, 5.74) is -0.0313. The molecule has 2 amide bonds. The van der Waals surface area contributed by atoms with Gasteiger partial charge in [-0.15, -0.1) is 0 Å². The smallest absolute Gasteiger partial charge is 0.317 e. The van der Waals surface area contributed by atoms with E-state index >= 15 is 0 Å². The number of benzene rings is 1. The molecule has 158 valence electrons. The monoisotopic (exact) mass is 419 g/mol. The van der Waals surface area contributed by atoms with Crippen molar-refractivity contribution in [2.75, 3.05) is 25.0 Å². The minimum Gasteiger partial charge on any atom is -0.317 e. The molecule has 0 radical (unpaired) electrons. The van der Waals surface area contributed by atoms with Crippen LogP contribution in [0.25, 0.3) is 0 Å². The number of halogens is 8. The normalized spacial score (nSPS) is 16.7. The lowest BCUT2D eigenvalue weighted by Gasteiger charge is -2.38. The Morgan fingerprint density at radius 3 is 2.07 bits per heavy atom. The molecule has 1 aliphatic rings. The van der Waals surface area contributed by atoms with Gasteiger partial charge in [0.15, 0.2) is 0 Å². The summed E-state index contributed by atoms with van der Waals surface area (Å²) < 4.78 is 105. The van der Waals surface area contributed by atoms with Crippen LogP contribution in [0.15, 0.2) is 24.3 Å². The molecule has 0 spiro atoms. The number of nitrogens with zero attached hydrogens (tertiary/aromatic N) is 1. The molecule has 0 atom stereocenters. The number of carbonyl (C=O) groups is 1. The molecule has 12 heteroatoms. The number of hydrogen-bond donors (Lipinski definition) is 2. The van der Waals surface area contributed by atoms with E-state index in [1.807, 2.05) is 0 Å². The van der Waals surface area contributed by atoms with Crippen molar-refractivity contribution in [3.05, 3.63) is 30.1 Å². The van der Waals surface area contributed by atoms with Crippen molar-refractivity contribution in [1.82, 2.24) is 10.2 Å². The molecule has 1 fully saturated rings. The highest BCUT2D eigenvalue weighted by Crippen LogP contribution is 2.47. The minimum atomic E-state index is -6.48. The first-order chi connectivity index (χ1) is 12.8. The third-order valence-electron chi connectivity index (χ3n) is 4.29. The van der Waals surface area contributed by atoms with Crippen LogP contribution in [0.1, 0.15) is 12.8 Å². The SMILES string of the molecule is O=C(Nc1ccc(F)cc1)N(CC(F)(F)C(F)(F)C(F)(F)F)C1CCNCC1. The molecule has 0 unspecified atom stereocenters. The Kier molecular flexibility index (Phi) is 6.41. The number of piperidine rings is 1. The zero-order valence-electron chi connectivity index (χ0n) is 14.3. The van der Waals surface area contributed by atoms with Crippen molar-refractivity contribution < 1.29 is 39.9 Å². The van der Waals surface area contributed by atoms with E-state index in [1.54, 1.807) is 0 Å². The molecular weight excluding hydrogens is 402 g/mol. The second-order valence-electron chi connectivity index (χ2n) is 6.32. The van der Waals surface area contributed by atoms with E-state index in [1.165, 1.54) is 0 Å². The summed E-state index contributed by atoms with van der Waals surface area (Å²) in [4.78, 5) is 12.7. The maximum absolute atomic E-state index is 13.9. The van der Waals surface area contributed by atoms with Crippen LogP contribution in [-0.4, -0.2) is 54.6 Å². The summed E-state index contributed by atoms with van der Waals surface area (Å²) in [5, 5.41) is 4.99. The van der Waals surface area contributed by atoms with Gasteiger partial charge in [0, 0.05) is 11.7 Å². The molecule has 1 saturated heterocycles. The second-order valence-corrected chi connectivity index (χ2v) is 6.32. The van der Waals surface area contributed by atoms with Gasteiger partial charge in [0.05, 0.1) is 6.54 Å². The van der Waals surface area contributed by atoms with Crippen molar-refractivity contribution in [3.8, 4) is 0 Å². The van der Waals surface area contributed by atoms with Gasteiger partial charge < -0.3 is 15.5 Å². The molecule has 0 bridgehead atoms. The Bertz CT molecular complexity index is 671. The number of anilines is 1. The van der Waals surface area contributed by atoms with Gasteiger partial charge in [-0.2, -0.15) is 30.7 Å². The molecule has 1 aromatic carbocycles. The number of carbonyl (C=O) groups excluding carboxylic acids is 1. The number of nitrogens with one attached hydrogen (secondary N) is 2. The highest BCUT2D eigenvalue weighted by molar-refractivity contribution is 5.89. The summed E-state index contributed by atoms with van der Waals surface area (Å²) >= 11 is 0. The van der Waals surface area contributed by atoms with Crippen molar-refractivity contribution in [3.63, 3.8) is 0 Å². The Morgan fingerprint density at radius 1 is 1.04 bits per heavy atom. The van der Waals surface area contributed by atoms with E-state index in [-0.39, 0.29) is 36.5 Å². The number of hydrogen-bond acceptors (Lipinski definition) is 2. The molecular formula is C16H17F8N3O. The fourth-order valence-electron chi connectivity index (χ4n) is 2.73. The highest BCUT2D eigenvalue weighted by atomic mass is 19.4. The van der Waals surface area contributed by atoms with Crippen molar-refractivity contribution in [2.45, 2.75) is 36.9 Å². The third kappa shape index (κ3) is 4.83. The predicted octanol–water partition coefficient (Wildman–Crippen LogP) is 4.24. The summed E-state index contributed by atoms with van der Waals surface area (Å²) in [5.74, 6) is -12.5. The number of alkyl halides is 7. The standard InChI is InChI=1S/C16H17F8N3O/c17-10-1-3-11(4-2-10)26-13(28)27(12-5-7-25-8-6-12)9-14(18,19)15(20,21)16(22,23)24/h1-4,12,25H,5-9H2,(H,26,28). The Hall–Kier alpha value is -2.11. The molecule has 1 aromatic rings. The zero-order valence-corrected chi connectivity index (χ0v) is 14.3. The van der Waals surface area contributed by atoms with Crippen molar-refractivity contribution in [2.24, 2.45) is 0 Å². The first-order valence-electron chi connectivity index (χ1n) is 8.21. The molecule has 0 aliphatic carbocycles. The van der Waals surface area contributed by atoms with Crippen LogP contribution in [-0.2, 0) is 0 Å². The summed E-state index contributed by atoms with van der Waals surface area (Å²) in [7, 11) is 0. The largest absolute Gasteiger partial charge is 0.459 e. The maximum Gasteiger partial charge on any atom is 0.459 e. The lowest BCUT2D eigenvalue weighted by molar-refractivity contribution is -0.355. The lowest BCUT2D eigenvalue weighted by atomic mass is 10.0. The highest BCUT2D eigenvalue weighted by Gasteiger charge is 2.73. The number of amides is 2. The Morgan fingerprint density at radius 2 is 1.57 bits per heavy atom. The van der Waals surface area contributed by atoms with Crippen LogP contribution in [0.2, 0.25) is 0 Å². The average molecular weight is 419 g/mol. The third-order valence-corrected chi connectivity index (χ3v) is 4.29. The fourth-order valence-corrected chi connectivity index (χ4v) is 2.73. The predicted molar refractivity (Wildman–Crippen MR) is 84.0 cm³/mol. The first kappa shape index (κ1) is 22.2. The van der Waals surface area contributed by atoms with Crippen molar-refractivity contribution in [1.29, 1.82) is 0 Å². The van der Waals surface area contributed by atoms with Crippen molar-refractivity contribution >= 4 is 11.7 Å². The van der Waals surface area contributed by atoms with Gasteiger partial charge in [0.25, 0.3) is 0 Å². The summed E-state index contributed by atoms with van der Waals surface area (Å²) in [6, 6.07) is 1.84. The van der Waals surface area contributed by atoms with E-state index in [4.69, 9.17) is 0 Å². The molecule has 28 heavy (non-hydrogen) atoms. The van der Waals surface area contributed by atoms with E-state index < -0.39 is 42.5 Å². The topological polar surface area (TPSA) is 44.4 Å². The first-order valence-corrected chi connectivity index (χ1v) is 8.21. The molecule has 0 saturated carbocycles. The van der Waals surface area contributed by atoms with Crippen LogP contribution in [0.5, 0.6) is 0 Å². The van der Waals surface area contributed by atoms with Crippen LogP contribution in [0.4, 0.5) is 45.6 Å². The van der Waals surface area contributed by atoms with Gasteiger partial charge in [0.2, 0.25) is 0 Å². The number of rotatable bonds is 5. The van der Waals surface area contributed by atoms with E-state index in [2.05, 4.69) is 10.6 Å². The second kappa shape index (κ2) is 8.10. The van der Waals surface area contributed by atoms with Gasteiger partial charge in [-0.3, -0.25) is 0 Å². The Labute approximate surface area is 154 Å². The zero-order chi connectivity index (χ0) is 21.2. The summed E-state index contributed by atoms with van der Waals surface area (Å²) in [6.45, 7) is -1.59. The van der Waals surface area contributed by atoms with Gasteiger partial charge in [-0.05, 0) is 50.2 Å². The van der Waals surface area contributed by atoms with E-state index in [9.17, 15) is 39.9 Å². The van der Waals surface area contributed by atoms with Crippen LogP contribution in [0.3, 0.4) is 0 Å². The lowest BCUT2D eigenvalue weighted by Crippen LogP contribution is -2.60. The maximum atomic E-state index is 13.9. The molecule has 4 nitrogen and oxygen atoms in total. The van der Waals surface area contributed by atoms with E-state index in [0.717, 1.165) is 24.3 Å². The molecule has 2 N–H and O–H groups in total. The van der Waals surface area contributed by atoms with Gasteiger partial charge >= 0.3 is 24.1 Å². The van der Waals surface area contributed by atoms with Crippen LogP contribution < -0.4 is 10.6 Å². The van der Waals surface area contributed by atoms with Gasteiger partial charge in [-0.25, -0.2) is 9.18 Å². The fraction of sp³-hybridized carbons (Fsp3) is 0.562. The minimum absolute atomic E-state index is 0.0313. The van der Waals surface area contributed by atoms with Gasteiger partial charge in [-0.1, -0.05) is 0 Å².